The molecule has 0 fully saturated rings. The third-order valence-corrected chi connectivity index (χ3v) is 6.64. The molecule has 8 heteroatoms. The van der Waals surface area contributed by atoms with Crippen LogP contribution in [0.2, 0.25) is 0 Å². The summed E-state index contributed by atoms with van der Waals surface area (Å²) in [6, 6.07) is 21.8. The molecule has 0 aliphatic carbocycles. The van der Waals surface area contributed by atoms with Gasteiger partial charge in [0.1, 0.15) is 5.82 Å². The van der Waals surface area contributed by atoms with Crippen LogP contribution in [0.5, 0.6) is 17.4 Å². The van der Waals surface area contributed by atoms with Crippen molar-refractivity contribution in [2.45, 2.75) is 32.1 Å². The van der Waals surface area contributed by atoms with Crippen LogP contribution in [0.4, 0.5) is 5.82 Å². The minimum absolute atomic E-state index is 0.270. The molecule has 0 saturated carbocycles. The van der Waals surface area contributed by atoms with Crippen LogP contribution in [0.1, 0.15) is 34.5 Å². The zero-order valence-corrected chi connectivity index (χ0v) is 20.4. The Morgan fingerprint density at radius 1 is 0.946 bits per heavy atom. The topological polar surface area (TPSA) is 94.2 Å². The molecule has 0 saturated heterocycles. The van der Waals surface area contributed by atoms with E-state index >= 15 is 0 Å². The second-order valence-corrected chi connectivity index (χ2v) is 9.17. The van der Waals surface area contributed by atoms with Gasteiger partial charge in [-0.15, -0.1) is 0 Å². The Morgan fingerprint density at radius 2 is 1.84 bits per heavy atom. The minimum atomic E-state index is 0.270. The number of aryl methyl sites for hydroxylation is 3. The summed E-state index contributed by atoms with van der Waals surface area (Å²) in [4.78, 5) is 4.77. The maximum atomic E-state index is 9.17. The summed E-state index contributed by atoms with van der Waals surface area (Å²) in [5, 5.41) is 17.4. The molecule has 6 rings (SSSR count). The first-order valence-corrected chi connectivity index (χ1v) is 12.6. The Bertz CT molecular complexity index is 1460. The van der Waals surface area contributed by atoms with Gasteiger partial charge in [0.2, 0.25) is 12.7 Å². The highest BCUT2D eigenvalue weighted by Crippen LogP contribution is 2.33. The van der Waals surface area contributed by atoms with Gasteiger partial charge in [-0.05, 0) is 79.3 Å². The first-order chi connectivity index (χ1) is 18.2. The lowest BCUT2D eigenvalue weighted by Gasteiger charge is -2.17. The number of hydrogen-bond acceptors (Lipinski definition) is 7. The smallest absolute Gasteiger partial charge is 0.231 e. The molecule has 0 radical (unpaired) electrons. The number of hydrogen-bond donors (Lipinski definition) is 1. The van der Waals surface area contributed by atoms with E-state index in [1.54, 1.807) is 16.8 Å². The third-order valence-electron chi connectivity index (χ3n) is 6.64. The van der Waals surface area contributed by atoms with Gasteiger partial charge in [0.15, 0.2) is 11.5 Å². The summed E-state index contributed by atoms with van der Waals surface area (Å²) in [6.07, 6.45) is 4.47. The molecule has 186 valence electrons. The van der Waals surface area contributed by atoms with Crippen molar-refractivity contribution in [2.75, 3.05) is 25.3 Å². The average Bonchev–Trinajstić information content (AvgIpc) is 3.58. The van der Waals surface area contributed by atoms with Crippen molar-refractivity contribution in [2.24, 2.45) is 0 Å². The molecule has 0 bridgehead atoms. The van der Waals surface area contributed by atoms with Gasteiger partial charge in [0.25, 0.3) is 0 Å². The summed E-state index contributed by atoms with van der Waals surface area (Å²) < 4.78 is 19.0. The average molecular weight is 494 g/mol. The van der Waals surface area contributed by atoms with Crippen molar-refractivity contribution in [3.8, 4) is 29.1 Å². The second-order valence-electron chi connectivity index (χ2n) is 9.17. The quantitative estimate of drug-likeness (QED) is 0.382. The Labute approximate surface area is 215 Å². The van der Waals surface area contributed by atoms with Crippen LogP contribution in [-0.4, -0.2) is 34.7 Å². The van der Waals surface area contributed by atoms with E-state index in [9.17, 15) is 0 Å². The summed E-state index contributed by atoms with van der Waals surface area (Å²) >= 11 is 0. The van der Waals surface area contributed by atoms with Crippen molar-refractivity contribution >= 4 is 5.82 Å². The maximum Gasteiger partial charge on any atom is 0.231 e. The van der Waals surface area contributed by atoms with Crippen LogP contribution in [0, 0.1) is 11.3 Å². The number of anilines is 1. The fourth-order valence-electron chi connectivity index (χ4n) is 4.63. The Kier molecular flexibility index (Phi) is 6.34. The normalized spacial score (nSPS) is 13.5. The number of rotatable bonds is 8. The van der Waals surface area contributed by atoms with Gasteiger partial charge < -0.3 is 19.5 Å². The highest BCUT2D eigenvalue weighted by atomic mass is 16.7. The van der Waals surface area contributed by atoms with Crippen molar-refractivity contribution in [1.29, 1.82) is 5.26 Å². The molecule has 2 aliphatic rings. The van der Waals surface area contributed by atoms with Crippen LogP contribution in [0.25, 0.3) is 5.69 Å². The molecule has 0 unspecified atom stereocenters. The predicted octanol–water partition coefficient (Wildman–Crippen LogP) is 4.63. The van der Waals surface area contributed by atoms with Crippen molar-refractivity contribution in [3.05, 3.63) is 88.7 Å². The predicted molar refractivity (Wildman–Crippen MR) is 138 cm³/mol. The van der Waals surface area contributed by atoms with Crippen LogP contribution < -0.4 is 19.5 Å². The molecular formula is C29H27N5O3. The Balaban J connectivity index is 1.18. The number of nitrogens with zero attached hydrogens (tertiary/aromatic N) is 4. The molecule has 8 nitrogen and oxygen atoms in total. The largest absolute Gasteiger partial charge is 0.477 e. The molecule has 2 aromatic carbocycles. The van der Waals surface area contributed by atoms with E-state index in [1.165, 1.54) is 5.56 Å². The standard InChI is InChI=1S/C29H27N5O3/c30-18-21-4-10-25(11-5-21)34-28(35-15-13-23-9-7-22-2-1-14-31-29(22)32-23)17-24(33-34)8-3-20-6-12-26-27(16-20)37-19-36-26/h4-7,9-12,16-17H,1-3,8,13-15,19H2,(H,31,32). The highest BCUT2D eigenvalue weighted by molar-refractivity contribution is 5.47. The molecule has 2 aliphatic heterocycles. The van der Waals surface area contributed by atoms with Crippen molar-refractivity contribution < 1.29 is 14.2 Å². The summed E-state index contributed by atoms with van der Waals surface area (Å²) in [7, 11) is 0. The minimum Gasteiger partial charge on any atom is -0.477 e. The number of ether oxygens (including phenoxy) is 3. The third kappa shape index (κ3) is 5.07. The second kappa shape index (κ2) is 10.2. The summed E-state index contributed by atoms with van der Waals surface area (Å²) in [5.41, 5.74) is 5.82. The molecule has 0 amide bonds. The molecule has 4 aromatic rings. The molecule has 2 aromatic heterocycles. The summed E-state index contributed by atoms with van der Waals surface area (Å²) in [5.74, 6) is 3.24. The lowest BCUT2D eigenvalue weighted by molar-refractivity contribution is 0.174. The Morgan fingerprint density at radius 3 is 2.73 bits per heavy atom. The van der Waals surface area contributed by atoms with Gasteiger partial charge in [0.05, 0.1) is 29.6 Å². The van der Waals surface area contributed by atoms with Crippen LogP contribution >= 0.6 is 0 Å². The van der Waals surface area contributed by atoms with Crippen LogP contribution in [0.15, 0.2) is 60.7 Å². The van der Waals surface area contributed by atoms with Crippen LogP contribution in [-0.2, 0) is 25.7 Å². The summed E-state index contributed by atoms with van der Waals surface area (Å²) in [6.45, 7) is 1.72. The van der Waals surface area contributed by atoms with E-state index in [-0.39, 0.29) is 6.79 Å². The number of nitriles is 1. The number of nitrogens with one attached hydrogen (secondary N) is 1. The fourth-order valence-corrected chi connectivity index (χ4v) is 4.63. The number of benzene rings is 2. The van der Waals surface area contributed by atoms with E-state index in [0.29, 0.717) is 24.5 Å². The monoisotopic (exact) mass is 493 g/mol. The molecule has 4 heterocycles. The van der Waals surface area contributed by atoms with Crippen molar-refractivity contribution in [1.82, 2.24) is 14.8 Å². The zero-order chi connectivity index (χ0) is 25.0. The van der Waals surface area contributed by atoms with E-state index in [0.717, 1.165) is 72.2 Å². The number of pyridine rings is 1. The molecule has 0 spiro atoms. The van der Waals surface area contributed by atoms with Gasteiger partial charge in [-0.1, -0.05) is 12.1 Å². The Hall–Kier alpha value is -4.51. The lowest BCUT2D eigenvalue weighted by Crippen LogP contribution is -2.14. The first kappa shape index (κ1) is 22.9. The van der Waals surface area contributed by atoms with Gasteiger partial charge in [-0.3, -0.25) is 0 Å². The van der Waals surface area contributed by atoms with Crippen LogP contribution in [0.3, 0.4) is 0 Å². The lowest BCUT2D eigenvalue weighted by atomic mass is 10.1. The fraction of sp³-hybridized carbons (Fsp3) is 0.276. The van der Waals surface area contributed by atoms with Gasteiger partial charge in [-0.2, -0.15) is 10.4 Å². The van der Waals surface area contributed by atoms with Gasteiger partial charge in [-0.25, -0.2) is 9.67 Å². The van der Waals surface area contributed by atoms with E-state index in [2.05, 4.69) is 29.6 Å². The molecule has 0 atom stereocenters. The maximum absolute atomic E-state index is 9.17. The number of aromatic nitrogens is 3. The number of fused-ring (bicyclic) bond motifs is 2. The molecule has 37 heavy (non-hydrogen) atoms. The SMILES string of the molecule is N#Cc1ccc(-n2nc(CCc3ccc4c(c3)OCO4)cc2OCCc2ccc3c(n2)NCCC3)cc1. The zero-order valence-electron chi connectivity index (χ0n) is 20.4. The van der Waals surface area contributed by atoms with Crippen molar-refractivity contribution in [3.63, 3.8) is 0 Å². The van der Waals surface area contributed by atoms with E-state index < -0.39 is 0 Å². The van der Waals surface area contributed by atoms with E-state index in [4.69, 9.17) is 29.6 Å². The first-order valence-electron chi connectivity index (χ1n) is 12.6. The van der Waals surface area contributed by atoms with Gasteiger partial charge >= 0.3 is 0 Å². The van der Waals surface area contributed by atoms with Gasteiger partial charge in [0, 0.05) is 24.7 Å². The molecular weight excluding hydrogens is 466 g/mol. The highest BCUT2D eigenvalue weighted by Gasteiger charge is 2.16. The molecule has 1 N–H and O–H groups in total. The van der Waals surface area contributed by atoms with E-state index in [1.807, 2.05) is 30.3 Å².